The molecule has 36 heavy (non-hydrogen) atoms. The molecule has 0 spiro atoms. The van der Waals surface area contributed by atoms with E-state index in [1.165, 1.54) is 29.4 Å². The normalized spacial score (nSPS) is 11.1. The van der Waals surface area contributed by atoms with Gasteiger partial charge in [0.15, 0.2) is 0 Å². The van der Waals surface area contributed by atoms with E-state index in [-0.39, 0.29) is 30.3 Å². The summed E-state index contributed by atoms with van der Waals surface area (Å²) in [7, 11) is 1.33. The number of aryl methyl sites for hydroxylation is 1. The lowest BCUT2D eigenvalue weighted by molar-refractivity contribution is -0.140. The van der Waals surface area contributed by atoms with Crippen molar-refractivity contribution < 1.29 is 19.1 Å². The molecule has 1 amide bonds. The minimum atomic E-state index is -0.339. The Morgan fingerprint density at radius 3 is 2.00 bits per heavy atom. The van der Waals surface area contributed by atoms with Gasteiger partial charge in [-0.15, -0.1) is 0 Å². The van der Waals surface area contributed by atoms with Crippen LogP contribution >= 0.6 is 0 Å². The van der Waals surface area contributed by atoms with Crippen LogP contribution in [0.4, 0.5) is 0 Å². The van der Waals surface area contributed by atoms with Gasteiger partial charge in [0.1, 0.15) is 5.75 Å². The summed E-state index contributed by atoms with van der Waals surface area (Å²) in [6.07, 6.45) is 3.05. The maximum atomic E-state index is 12.1. The number of hydrogen-bond donors (Lipinski definition) is 1. The fourth-order valence-corrected chi connectivity index (χ4v) is 3.83. The molecule has 0 heterocycles. The summed E-state index contributed by atoms with van der Waals surface area (Å²) in [6, 6.07) is 24.6. The van der Waals surface area contributed by atoms with Crippen molar-refractivity contribution in [1.29, 1.82) is 0 Å². The van der Waals surface area contributed by atoms with Crippen LogP contribution in [0, 0.1) is 0 Å². The van der Waals surface area contributed by atoms with Gasteiger partial charge in [-0.3, -0.25) is 9.59 Å². The predicted octanol–water partition coefficient (Wildman–Crippen LogP) is 6.35. The van der Waals surface area contributed by atoms with E-state index in [0.29, 0.717) is 12.2 Å². The van der Waals surface area contributed by atoms with E-state index in [4.69, 9.17) is 4.74 Å². The first-order chi connectivity index (χ1) is 17.3. The summed E-state index contributed by atoms with van der Waals surface area (Å²) in [5, 5.41) is 2.72. The van der Waals surface area contributed by atoms with Crippen LogP contribution in [0.25, 0.3) is 11.1 Å². The molecule has 0 unspecified atom stereocenters. The van der Waals surface area contributed by atoms with Gasteiger partial charge in [0.05, 0.1) is 20.1 Å². The molecule has 0 aromatic heterocycles. The topological polar surface area (TPSA) is 64.6 Å². The summed E-state index contributed by atoms with van der Waals surface area (Å²) in [4.78, 5) is 23.3. The van der Waals surface area contributed by atoms with Gasteiger partial charge in [0.2, 0.25) is 0 Å². The van der Waals surface area contributed by atoms with Crippen LogP contribution in [-0.2, 0) is 21.4 Å². The number of carbonyl (C=O) groups excluding carboxylic acids is 2. The summed E-state index contributed by atoms with van der Waals surface area (Å²) in [5.41, 5.74) is 5.65. The Morgan fingerprint density at radius 1 is 0.806 bits per heavy atom. The smallest absolute Gasteiger partial charge is 0.307 e. The van der Waals surface area contributed by atoms with Crippen LogP contribution in [0.2, 0.25) is 0 Å². The molecular weight excluding hydrogens is 450 g/mol. The SMILES string of the molecule is COC(=O)CCNC(=O)c1ccc(CCCCOc2ccc(-c3ccc(C(C)(C)C)cc3)cc2)cc1. The molecule has 3 aromatic carbocycles. The molecule has 190 valence electrons. The first kappa shape index (κ1) is 27.0. The first-order valence-corrected chi connectivity index (χ1v) is 12.5. The standard InChI is InChI=1S/C31H37NO4/c1-31(2,3)27-16-12-24(13-17-27)25-14-18-28(19-15-25)36-22-6-5-7-23-8-10-26(11-9-23)30(34)32-21-20-29(33)35-4/h8-19H,5-7,20-22H2,1-4H3,(H,32,34). The molecule has 1 N–H and O–H groups in total. The maximum absolute atomic E-state index is 12.1. The lowest BCUT2D eigenvalue weighted by atomic mass is 9.86. The highest BCUT2D eigenvalue weighted by atomic mass is 16.5. The molecule has 0 aliphatic carbocycles. The lowest BCUT2D eigenvalue weighted by Gasteiger charge is -2.19. The van der Waals surface area contributed by atoms with Crippen molar-refractivity contribution in [2.45, 2.75) is 51.9 Å². The van der Waals surface area contributed by atoms with E-state index in [0.717, 1.165) is 25.0 Å². The second-order valence-corrected chi connectivity index (χ2v) is 9.94. The van der Waals surface area contributed by atoms with Gasteiger partial charge in [-0.05, 0) is 71.2 Å². The summed E-state index contributed by atoms with van der Waals surface area (Å²) >= 11 is 0. The number of methoxy groups -OCH3 is 1. The molecule has 0 atom stereocenters. The van der Waals surface area contributed by atoms with Crippen molar-refractivity contribution >= 4 is 11.9 Å². The number of esters is 1. The fraction of sp³-hybridized carbons (Fsp3) is 0.355. The summed E-state index contributed by atoms with van der Waals surface area (Å²) in [6.45, 7) is 7.61. The van der Waals surface area contributed by atoms with Gasteiger partial charge in [0.25, 0.3) is 5.91 Å². The maximum Gasteiger partial charge on any atom is 0.307 e. The Bertz CT molecular complexity index is 1110. The monoisotopic (exact) mass is 487 g/mol. The largest absolute Gasteiger partial charge is 0.494 e. The van der Waals surface area contributed by atoms with Crippen LogP contribution in [-0.4, -0.2) is 32.1 Å². The number of hydrogen-bond acceptors (Lipinski definition) is 4. The van der Waals surface area contributed by atoms with Crippen LogP contribution in [0.15, 0.2) is 72.8 Å². The van der Waals surface area contributed by atoms with Crippen LogP contribution in [0.1, 0.15) is 61.5 Å². The predicted molar refractivity (Wildman–Crippen MR) is 144 cm³/mol. The Labute approximate surface area is 214 Å². The molecule has 5 heteroatoms. The Hall–Kier alpha value is -3.60. The van der Waals surface area contributed by atoms with E-state index < -0.39 is 0 Å². The fourth-order valence-electron chi connectivity index (χ4n) is 3.83. The summed E-state index contributed by atoms with van der Waals surface area (Å²) < 4.78 is 10.5. The Morgan fingerprint density at radius 2 is 1.42 bits per heavy atom. The van der Waals surface area contributed by atoms with E-state index in [2.05, 4.69) is 67.2 Å². The van der Waals surface area contributed by atoms with Crippen molar-refractivity contribution in [2.75, 3.05) is 20.3 Å². The molecular formula is C31H37NO4. The van der Waals surface area contributed by atoms with Gasteiger partial charge >= 0.3 is 5.97 Å². The minimum Gasteiger partial charge on any atom is -0.494 e. The molecule has 3 aromatic rings. The van der Waals surface area contributed by atoms with E-state index >= 15 is 0 Å². The molecule has 0 radical (unpaired) electrons. The number of carbonyl (C=O) groups is 2. The number of unbranched alkanes of at least 4 members (excludes halogenated alkanes) is 1. The van der Waals surface area contributed by atoms with Crippen molar-refractivity contribution in [1.82, 2.24) is 5.32 Å². The molecule has 5 nitrogen and oxygen atoms in total. The molecule has 0 bridgehead atoms. The number of benzene rings is 3. The third-order valence-corrected chi connectivity index (χ3v) is 6.13. The number of ether oxygens (including phenoxy) is 2. The van der Waals surface area contributed by atoms with Gasteiger partial charge in [-0.25, -0.2) is 0 Å². The first-order valence-electron chi connectivity index (χ1n) is 12.5. The second kappa shape index (κ2) is 12.9. The van der Waals surface area contributed by atoms with Crippen molar-refractivity contribution in [3.8, 4) is 16.9 Å². The van der Waals surface area contributed by atoms with E-state index in [1.807, 2.05) is 36.4 Å². The third kappa shape index (κ3) is 8.26. The van der Waals surface area contributed by atoms with Crippen molar-refractivity contribution in [3.05, 3.63) is 89.5 Å². The average Bonchev–Trinajstić information content (AvgIpc) is 2.88. The van der Waals surface area contributed by atoms with Gasteiger partial charge in [-0.1, -0.05) is 69.3 Å². The van der Waals surface area contributed by atoms with Crippen LogP contribution in [0.3, 0.4) is 0 Å². The zero-order valence-corrected chi connectivity index (χ0v) is 21.8. The van der Waals surface area contributed by atoms with Crippen LogP contribution < -0.4 is 10.1 Å². The van der Waals surface area contributed by atoms with Crippen LogP contribution in [0.5, 0.6) is 5.75 Å². The number of amides is 1. The molecule has 0 saturated heterocycles. The van der Waals surface area contributed by atoms with Crippen molar-refractivity contribution in [2.24, 2.45) is 0 Å². The zero-order valence-electron chi connectivity index (χ0n) is 21.8. The Balaban J connectivity index is 1.37. The highest BCUT2D eigenvalue weighted by Gasteiger charge is 2.13. The van der Waals surface area contributed by atoms with Gasteiger partial charge < -0.3 is 14.8 Å². The third-order valence-electron chi connectivity index (χ3n) is 6.13. The molecule has 0 aliphatic heterocycles. The lowest BCUT2D eigenvalue weighted by Crippen LogP contribution is -2.26. The van der Waals surface area contributed by atoms with E-state index in [1.54, 1.807) is 0 Å². The van der Waals surface area contributed by atoms with Gasteiger partial charge in [0, 0.05) is 12.1 Å². The average molecular weight is 488 g/mol. The number of rotatable bonds is 11. The second-order valence-electron chi connectivity index (χ2n) is 9.94. The van der Waals surface area contributed by atoms with Gasteiger partial charge in [-0.2, -0.15) is 0 Å². The Kier molecular flexibility index (Phi) is 9.69. The minimum absolute atomic E-state index is 0.157. The van der Waals surface area contributed by atoms with Crippen molar-refractivity contribution in [3.63, 3.8) is 0 Å². The molecule has 0 saturated carbocycles. The molecule has 0 fully saturated rings. The zero-order chi connectivity index (χ0) is 26.0. The van der Waals surface area contributed by atoms with E-state index in [9.17, 15) is 9.59 Å². The quantitative estimate of drug-likeness (QED) is 0.253. The summed E-state index contributed by atoms with van der Waals surface area (Å²) in [5.74, 6) is 0.355. The highest BCUT2D eigenvalue weighted by molar-refractivity contribution is 5.94. The molecule has 3 rings (SSSR count). The molecule has 0 aliphatic rings. The number of nitrogens with one attached hydrogen (secondary N) is 1. The highest BCUT2D eigenvalue weighted by Crippen LogP contribution is 2.27.